The summed E-state index contributed by atoms with van der Waals surface area (Å²) in [4.78, 5) is 11.6. The van der Waals surface area contributed by atoms with E-state index in [4.69, 9.17) is 4.74 Å². The first-order valence-electron chi connectivity index (χ1n) is 6.54. The van der Waals surface area contributed by atoms with Gasteiger partial charge in [0.15, 0.2) is 0 Å². The number of nitrogens with one attached hydrogen (secondary N) is 1. The predicted octanol–water partition coefficient (Wildman–Crippen LogP) is 3.24. The first-order chi connectivity index (χ1) is 8.76. The molecule has 0 aliphatic rings. The number of carbonyl (C=O) groups is 1. The van der Waals surface area contributed by atoms with E-state index < -0.39 is 5.60 Å². The number of aromatic hydroxyl groups is 1. The van der Waals surface area contributed by atoms with Crippen LogP contribution >= 0.6 is 0 Å². The topological polar surface area (TPSA) is 58.6 Å². The Hall–Kier alpha value is -1.71. The van der Waals surface area contributed by atoms with Crippen molar-refractivity contribution < 1.29 is 14.6 Å². The largest absolute Gasteiger partial charge is 0.508 e. The standard InChI is InChI=1S/C15H23NO3/c1-11(16-14(18)19-15(2,3)4)5-6-12-7-9-13(17)10-8-12/h7-11,17H,5-6H2,1-4H3,(H,16,18). The monoisotopic (exact) mass is 265 g/mol. The molecule has 1 rings (SSSR count). The van der Waals surface area contributed by atoms with Crippen molar-refractivity contribution in [3.8, 4) is 5.75 Å². The Morgan fingerprint density at radius 1 is 1.32 bits per heavy atom. The van der Waals surface area contributed by atoms with Crippen molar-refractivity contribution in [3.63, 3.8) is 0 Å². The van der Waals surface area contributed by atoms with Gasteiger partial charge in [-0.15, -0.1) is 0 Å². The average molecular weight is 265 g/mol. The molecule has 0 spiro atoms. The third-order valence-corrected chi connectivity index (χ3v) is 2.57. The van der Waals surface area contributed by atoms with Crippen molar-refractivity contribution in [1.82, 2.24) is 5.32 Å². The molecule has 1 amide bonds. The van der Waals surface area contributed by atoms with E-state index in [9.17, 15) is 9.90 Å². The molecule has 106 valence electrons. The Bertz CT molecular complexity index is 406. The van der Waals surface area contributed by atoms with Crippen LogP contribution in [0.5, 0.6) is 5.75 Å². The predicted molar refractivity (Wildman–Crippen MR) is 75.3 cm³/mol. The van der Waals surface area contributed by atoms with Gasteiger partial charge in [0, 0.05) is 6.04 Å². The molecule has 1 atom stereocenters. The molecule has 1 unspecified atom stereocenters. The van der Waals surface area contributed by atoms with E-state index in [1.807, 2.05) is 39.8 Å². The molecular weight excluding hydrogens is 242 g/mol. The fraction of sp³-hybridized carbons (Fsp3) is 0.533. The van der Waals surface area contributed by atoms with Gasteiger partial charge in [0.25, 0.3) is 0 Å². The van der Waals surface area contributed by atoms with Crippen molar-refractivity contribution >= 4 is 6.09 Å². The van der Waals surface area contributed by atoms with E-state index in [0.717, 1.165) is 18.4 Å². The normalized spacial score (nSPS) is 12.8. The minimum Gasteiger partial charge on any atom is -0.508 e. The molecule has 0 aliphatic heterocycles. The summed E-state index contributed by atoms with van der Waals surface area (Å²) in [5, 5.41) is 12.0. The smallest absolute Gasteiger partial charge is 0.407 e. The van der Waals surface area contributed by atoms with Crippen LogP contribution in [0.1, 0.15) is 39.7 Å². The number of alkyl carbamates (subject to hydrolysis) is 1. The van der Waals surface area contributed by atoms with Crippen LogP contribution in [0.3, 0.4) is 0 Å². The molecule has 1 aromatic carbocycles. The zero-order valence-corrected chi connectivity index (χ0v) is 12.1. The Balaban J connectivity index is 2.33. The van der Waals surface area contributed by atoms with Gasteiger partial charge in [-0.25, -0.2) is 4.79 Å². The quantitative estimate of drug-likeness (QED) is 0.878. The van der Waals surface area contributed by atoms with Crippen molar-refractivity contribution in [2.45, 2.75) is 52.2 Å². The van der Waals surface area contributed by atoms with Crippen LogP contribution in [0.4, 0.5) is 4.79 Å². The first kappa shape index (κ1) is 15.3. The summed E-state index contributed by atoms with van der Waals surface area (Å²) >= 11 is 0. The lowest BCUT2D eigenvalue weighted by Gasteiger charge is -2.22. The maximum Gasteiger partial charge on any atom is 0.407 e. The third-order valence-electron chi connectivity index (χ3n) is 2.57. The highest BCUT2D eigenvalue weighted by Crippen LogP contribution is 2.12. The Morgan fingerprint density at radius 2 is 1.89 bits per heavy atom. The number of carbonyl (C=O) groups excluding carboxylic acids is 1. The minimum absolute atomic E-state index is 0.0450. The molecule has 0 saturated carbocycles. The second-order valence-corrected chi connectivity index (χ2v) is 5.75. The van der Waals surface area contributed by atoms with E-state index >= 15 is 0 Å². The fourth-order valence-corrected chi connectivity index (χ4v) is 1.63. The third kappa shape index (κ3) is 6.70. The number of aryl methyl sites for hydroxylation is 1. The van der Waals surface area contributed by atoms with Gasteiger partial charge in [0.05, 0.1) is 0 Å². The van der Waals surface area contributed by atoms with Gasteiger partial charge in [-0.2, -0.15) is 0 Å². The fourth-order valence-electron chi connectivity index (χ4n) is 1.63. The van der Waals surface area contributed by atoms with Gasteiger partial charge < -0.3 is 15.2 Å². The van der Waals surface area contributed by atoms with E-state index in [-0.39, 0.29) is 17.9 Å². The molecule has 0 bridgehead atoms. The second-order valence-electron chi connectivity index (χ2n) is 5.75. The van der Waals surface area contributed by atoms with Gasteiger partial charge in [-0.1, -0.05) is 12.1 Å². The summed E-state index contributed by atoms with van der Waals surface area (Å²) in [6.07, 6.45) is 1.28. The highest BCUT2D eigenvalue weighted by molar-refractivity contribution is 5.68. The molecule has 4 heteroatoms. The van der Waals surface area contributed by atoms with E-state index in [2.05, 4.69) is 5.32 Å². The summed E-state index contributed by atoms with van der Waals surface area (Å²) in [5.41, 5.74) is 0.663. The molecule has 19 heavy (non-hydrogen) atoms. The summed E-state index contributed by atoms with van der Waals surface area (Å²) < 4.78 is 5.19. The molecule has 0 fully saturated rings. The summed E-state index contributed by atoms with van der Waals surface area (Å²) in [6, 6.07) is 7.15. The van der Waals surface area contributed by atoms with Crippen molar-refractivity contribution in [2.24, 2.45) is 0 Å². The van der Waals surface area contributed by atoms with Gasteiger partial charge in [0.1, 0.15) is 11.4 Å². The van der Waals surface area contributed by atoms with Crippen LogP contribution in [0.2, 0.25) is 0 Å². The molecule has 4 nitrogen and oxygen atoms in total. The van der Waals surface area contributed by atoms with Crippen LogP contribution in [0.25, 0.3) is 0 Å². The molecular formula is C15H23NO3. The lowest BCUT2D eigenvalue weighted by Crippen LogP contribution is -2.37. The van der Waals surface area contributed by atoms with Gasteiger partial charge >= 0.3 is 6.09 Å². The van der Waals surface area contributed by atoms with E-state index in [0.29, 0.717) is 0 Å². The number of amides is 1. The van der Waals surface area contributed by atoms with Gasteiger partial charge in [-0.05, 0) is 58.2 Å². The average Bonchev–Trinajstić information content (AvgIpc) is 2.25. The van der Waals surface area contributed by atoms with E-state index in [1.165, 1.54) is 0 Å². The molecule has 1 aromatic rings. The lowest BCUT2D eigenvalue weighted by atomic mass is 10.1. The SMILES string of the molecule is CC(CCc1ccc(O)cc1)NC(=O)OC(C)(C)C. The number of phenolic OH excluding ortho intramolecular Hbond substituents is 1. The zero-order valence-electron chi connectivity index (χ0n) is 12.1. The number of hydrogen-bond donors (Lipinski definition) is 2. The molecule has 2 N–H and O–H groups in total. The zero-order chi connectivity index (χ0) is 14.5. The highest BCUT2D eigenvalue weighted by Gasteiger charge is 2.17. The maximum absolute atomic E-state index is 11.6. The molecule has 0 heterocycles. The van der Waals surface area contributed by atoms with Crippen LogP contribution < -0.4 is 5.32 Å². The van der Waals surface area contributed by atoms with Crippen LogP contribution in [0.15, 0.2) is 24.3 Å². The van der Waals surface area contributed by atoms with Gasteiger partial charge in [-0.3, -0.25) is 0 Å². The summed E-state index contributed by atoms with van der Waals surface area (Å²) in [5.74, 6) is 0.267. The lowest BCUT2D eigenvalue weighted by molar-refractivity contribution is 0.0506. The Labute approximate surface area is 114 Å². The number of ether oxygens (including phenoxy) is 1. The number of benzene rings is 1. The Morgan fingerprint density at radius 3 is 2.42 bits per heavy atom. The number of hydrogen-bond acceptors (Lipinski definition) is 3. The van der Waals surface area contributed by atoms with Gasteiger partial charge in [0.2, 0.25) is 0 Å². The van der Waals surface area contributed by atoms with Crippen LogP contribution in [0, 0.1) is 0 Å². The summed E-state index contributed by atoms with van der Waals surface area (Å²) in [7, 11) is 0. The van der Waals surface area contributed by atoms with Crippen LogP contribution in [-0.2, 0) is 11.2 Å². The minimum atomic E-state index is -0.471. The molecule has 0 aliphatic carbocycles. The number of phenols is 1. The second kappa shape index (κ2) is 6.45. The van der Waals surface area contributed by atoms with E-state index in [1.54, 1.807) is 12.1 Å². The van der Waals surface area contributed by atoms with Crippen molar-refractivity contribution in [1.29, 1.82) is 0 Å². The maximum atomic E-state index is 11.6. The van der Waals surface area contributed by atoms with Crippen molar-refractivity contribution in [3.05, 3.63) is 29.8 Å². The Kier molecular flexibility index (Phi) is 5.21. The molecule has 0 saturated heterocycles. The number of rotatable bonds is 4. The highest BCUT2D eigenvalue weighted by atomic mass is 16.6. The van der Waals surface area contributed by atoms with Crippen molar-refractivity contribution in [2.75, 3.05) is 0 Å². The van der Waals surface area contributed by atoms with Crippen LogP contribution in [-0.4, -0.2) is 22.8 Å². The molecule has 0 aromatic heterocycles. The molecule has 0 radical (unpaired) electrons. The first-order valence-corrected chi connectivity index (χ1v) is 6.54. The summed E-state index contributed by atoms with van der Waals surface area (Å²) in [6.45, 7) is 7.47.